The van der Waals surface area contributed by atoms with Crippen LogP contribution in [0.5, 0.6) is 0 Å². The van der Waals surface area contributed by atoms with Crippen molar-refractivity contribution < 1.29 is 0 Å². The van der Waals surface area contributed by atoms with Gasteiger partial charge >= 0.3 is 0 Å². The molecule has 16 heavy (non-hydrogen) atoms. The van der Waals surface area contributed by atoms with E-state index < -0.39 is 0 Å². The zero-order chi connectivity index (χ0) is 12.1. The van der Waals surface area contributed by atoms with Gasteiger partial charge in [-0.25, -0.2) is 9.97 Å². The summed E-state index contributed by atoms with van der Waals surface area (Å²) in [4.78, 5) is 8.27. The van der Waals surface area contributed by atoms with Crippen LogP contribution in [0.1, 0.15) is 32.3 Å². The molecule has 0 saturated heterocycles. The summed E-state index contributed by atoms with van der Waals surface area (Å²) in [5, 5.41) is 4.43. The summed E-state index contributed by atoms with van der Waals surface area (Å²) in [6, 6.07) is 0. The predicted molar refractivity (Wildman–Crippen MR) is 72.6 cm³/mol. The highest BCUT2D eigenvalue weighted by molar-refractivity contribution is 7.99. The number of halogens is 1. The van der Waals surface area contributed by atoms with Crippen LogP contribution < -0.4 is 5.32 Å². The highest BCUT2D eigenvalue weighted by Gasteiger charge is 2.13. The lowest BCUT2D eigenvalue weighted by atomic mass is 10.1. The smallest absolute Gasteiger partial charge is 0.138 e. The summed E-state index contributed by atoms with van der Waals surface area (Å²) in [5.74, 6) is 1.18. The zero-order valence-electron chi connectivity index (χ0n) is 10.1. The molecule has 1 atom stereocenters. The molecule has 0 aliphatic rings. The lowest BCUT2D eigenvalue weighted by Crippen LogP contribution is -2.15. The molecular weight excluding hydrogens is 242 g/mol. The molecule has 1 unspecified atom stereocenters. The average Bonchev–Trinajstić information content (AvgIpc) is 2.25. The van der Waals surface area contributed by atoms with Gasteiger partial charge < -0.3 is 5.32 Å². The van der Waals surface area contributed by atoms with Crippen molar-refractivity contribution in [3.05, 3.63) is 17.0 Å². The van der Waals surface area contributed by atoms with Crippen molar-refractivity contribution in [2.24, 2.45) is 0 Å². The first-order chi connectivity index (χ1) is 7.56. The van der Waals surface area contributed by atoms with Gasteiger partial charge in [0.05, 0.1) is 0 Å². The van der Waals surface area contributed by atoms with E-state index in [1.54, 1.807) is 0 Å². The van der Waals surface area contributed by atoms with Crippen molar-refractivity contribution in [3.63, 3.8) is 0 Å². The molecule has 1 aromatic rings. The summed E-state index contributed by atoms with van der Waals surface area (Å²) in [7, 11) is 0. The molecule has 1 heterocycles. The van der Waals surface area contributed by atoms with Gasteiger partial charge in [-0.3, -0.25) is 0 Å². The zero-order valence-corrected chi connectivity index (χ0v) is 11.7. The van der Waals surface area contributed by atoms with Crippen LogP contribution in [0, 0.1) is 0 Å². The molecule has 1 N–H and O–H groups in total. The normalized spacial score (nSPS) is 12.9. The molecule has 0 saturated carbocycles. The van der Waals surface area contributed by atoms with Crippen LogP contribution in [0.3, 0.4) is 0 Å². The van der Waals surface area contributed by atoms with Crippen molar-refractivity contribution in [3.8, 4) is 0 Å². The van der Waals surface area contributed by atoms with Crippen molar-refractivity contribution in [1.82, 2.24) is 9.97 Å². The van der Waals surface area contributed by atoms with E-state index in [0.717, 1.165) is 17.9 Å². The SMILES string of the molecule is CSC(C)CNc1ncnc(Cl)c1C(C)C. The fourth-order valence-electron chi connectivity index (χ4n) is 1.35. The number of aromatic nitrogens is 2. The molecule has 0 bridgehead atoms. The minimum absolute atomic E-state index is 0.320. The summed E-state index contributed by atoms with van der Waals surface area (Å²) < 4.78 is 0. The second-order valence-electron chi connectivity index (χ2n) is 4.01. The maximum atomic E-state index is 6.08. The predicted octanol–water partition coefficient (Wildman–Crippen LogP) is 3.42. The molecule has 90 valence electrons. The highest BCUT2D eigenvalue weighted by Crippen LogP contribution is 2.27. The van der Waals surface area contributed by atoms with Crippen molar-refractivity contribution >= 4 is 29.2 Å². The first-order valence-corrected chi connectivity index (χ1v) is 6.99. The molecule has 0 aliphatic carbocycles. The highest BCUT2D eigenvalue weighted by atomic mass is 35.5. The van der Waals surface area contributed by atoms with Gasteiger partial charge in [-0.05, 0) is 12.2 Å². The Kier molecular flexibility index (Phi) is 5.35. The fraction of sp³-hybridized carbons (Fsp3) is 0.636. The second-order valence-corrected chi connectivity index (χ2v) is 5.64. The van der Waals surface area contributed by atoms with Gasteiger partial charge in [-0.2, -0.15) is 11.8 Å². The summed E-state index contributed by atoms with van der Waals surface area (Å²) >= 11 is 7.90. The van der Waals surface area contributed by atoms with Gasteiger partial charge in [-0.15, -0.1) is 0 Å². The maximum absolute atomic E-state index is 6.08. The minimum Gasteiger partial charge on any atom is -0.369 e. The van der Waals surface area contributed by atoms with Gasteiger partial charge in [0, 0.05) is 17.4 Å². The van der Waals surface area contributed by atoms with E-state index in [4.69, 9.17) is 11.6 Å². The van der Waals surface area contributed by atoms with E-state index in [1.807, 2.05) is 11.8 Å². The van der Waals surface area contributed by atoms with Gasteiger partial charge in [0.25, 0.3) is 0 Å². The van der Waals surface area contributed by atoms with Crippen LogP contribution in [0.2, 0.25) is 5.15 Å². The number of nitrogens with zero attached hydrogens (tertiary/aromatic N) is 2. The molecule has 3 nitrogen and oxygen atoms in total. The lowest BCUT2D eigenvalue weighted by molar-refractivity contribution is 0.842. The second kappa shape index (κ2) is 6.30. The number of thioether (sulfide) groups is 1. The molecular formula is C11H18ClN3S. The van der Waals surface area contributed by atoms with Crippen LogP contribution in [-0.2, 0) is 0 Å². The number of rotatable bonds is 5. The Bertz CT molecular complexity index is 344. The van der Waals surface area contributed by atoms with Crippen LogP contribution in [-0.4, -0.2) is 28.0 Å². The average molecular weight is 260 g/mol. The number of hydrogen-bond acceptors (Lipinski definition) is 4. The topological polar surface area (TPSA) is 37.8 Å². The molecule has 0 aliphatic heterocycles. The molecule has 0 spiro atoms. The Hall–Kier alpha value is -0.480. The third kappa shape index (κ3) is 3.52. The van der Waals surface area contributed by atoms with Crippen molar-refractivity contribution in [2.45, 2.75) is 31.9 Å². The lowest BCUT2D eigenvalue weighted by Gasteiger charge is -2.16. The van der Waals surface area contributed by atoms with Crippen LogP contribution in [0.25, 0.3) is 0 Å². The standard InChI is InChI=1S/C11H18ClN3S/c1-7(2)9-10(12)14-6-15-11(9)13-5-8(3)16-4/h6-8H,5H2,1-4H3,(H,13,14,15). The van der Waals surface area contributed by atoms with Crippen LogP contribution in [0.15, 0.2) is 6.33 Å². The van der Waals surface area contributed by atoms with E-state index in [2.05, 4.69) is 42.3 Å². The molecule has 0 amide bonds. The molecule has 1 rings (SSSR count). The number of nitrogens with one attached hydrogen (secondary N) is 1. The number of hydrogen-bond donors (Lipinski definition) is 1. The Morgan fingerprint density at radius 3 is 2.62 bits per heavy atom. The van der Waals surface area contributed by atoms with E-state index in [9.17, 15) is 0 Å². The molecule has 1 aromatic heterocycles. The Labute approximate surface area is 106 Å². The minimum atomic E-state index is 0.320. The Morgan fingerprint density at radius 1 is 1.38 bits per heavy atom. The largest absolute Gasteiger partial charge is 0.369 e. The van der Waals surface area contributed by atoms with Gasteiger partial charge in [0.1, 0.15) is 17.3 Å². The number of anilines is 1. The summed E-state index contributed by atoms with van der Waals surface area (Å²) in [6.45, 7) is 7.24. The van der Waals surface area contributed by atoms with E-state index in [0.29, 0.717) is 16.3 Å². The van der Waals surface area contributed by atoms with E-state index in [-0.39, 0.29) is 0 Å². The first-order valence-electron chi connectivity index (χ1n) is 5.33. The quantitative estimate of drug-likeness (QED) is 0.823. The third-order valence-electron chi connectivity index (χ3n) is 2.37. The molecule has 5 heteroatoms. The molecule has 0 fully saturated rings. The maximum Gasteiger partial charge on any atom is 0.138 e. The van der Waals surface area contributed by atoms with Gasteiger partial charge in [0.2, 0.25) is 0 Å². The Morgan fingerprint density at radius 2 is 2.06 bits per heavy atom. The van der Waals surface area contributed by atoms with Crippen LogP contribution >= 0.6 is 23.4 Å². The van der Waals surface area contributed by atoms with E-state index >= 15 is 0 Å². The summed E-state index contributed by atoms with van der Waals surface area (Å²) in [6.07, 6.45) is 3.60. The van der Waals surface area contributed by atoms with Crippen molar-refractivity contribution in [1.29, 1.82) is 0 Å². The van der Waals surface area contributed by atoms with Crippen LogP contribution in [0.4, 0.5) is 5.82 Å². The fourth-order valence-corrected chi connectivity index (χ4v) is 1.95. The first kappa shape index (κ1) is 13.6. The summed E-state index contributed by atoms with van der Waals surface area (Å²) in [5.41, 5.74) is 0.998. The molecule has 0 aromatic carbocycles. The van der Waals surface area contributed by atoms with Crippen molar-refractivity contribution in [2.75, 3.05) is 18.1 Å². The van der Waals surface area contributed by atoms with Gasteiger partial charge in [-0.1, -0.05) is 32.4 Å². The molecule has 0 radical (unpaired) electrons. The third-order valence-corrected chi connectivity index (χ3v) is 3.64. The monoisotopic (exact) mass is 259 g/mol. The Balaban J connectivity index is 2.83. The van der Waals surface area contributed by atoms with E-state index in [1.165, 1.54) is 6.33 Å². The van der Waals surface area contributed by atoms with Gasteiger partial charge in [0.15, 0.2) is 0 Å².